The van der Waals surface area contributed by atoms with Crippen LogP contribution in [0.3, 0.4) is 0 Å². The second-order valence-corrected chi connectivity index (χ2v) is 8.31. The molecule has 0 saturated carbocycles. The first-order valence-electron chi connectivity index (χ1n) is 8.44. The summed E-state index contributed by atoms with van der Waals surface area (Å²) in [5.74, 6) is 0.535. The van der Waals surface area contributed by atoms with Crippen molar-refractivity contribution in [3.63, 3.8) is 0 Å². The van der Waals surface area contributed by atoms with Gasteiger partial charge in [-0.2, -0.15) is 0 Å². The SMILES string of the molecule is O=C([C@H]1CCCN(Cc2ncc(Br)cc2Br)C1)N1CCCCC1. The number of amides is 1. The zero-order chi connectivity index (χ0) is 16.2. The molecule has 2 fully saturated rings. The predicted molar refractivity (Wildman–Crippen MR) is 98.1 cm³/mol. The quantitative estimate of drug-likeness (QED) is 0.710. The van der Waals surface area contributed by atoms with Crippen LogP contribution in [0.2, 0.25) is 0 Å². The second-order valence-electron chi connectivity index (χ2n) is 6.54. The van der Waals surface area contributed by atoms with E-state index in [1.54, 1.807) is 0 Å². The van der Waals surface area contributed by atoms with Crippen LogP contribution in [0.5, 0.6) is 0 Å². The highest BCUT2D eigenvalue weighted by atomic mass is 79.9. The molecular weight excluding hydrogens is 422 g/mol. The van der Waals surface area contributed by atoms with E-state index in [4.69, 9.17) is 0 Å². The van der Waals surface area contributed by atoms with Gasteiger partial charge in [0, 0.05) is 41.3 Å². The molecule has 3 rings (SSSR count). The molecule has 0 bridgehead atoms. The fraction of sp³-hybridized carbons (Fsp3) is 0.647. The summed E-state index contributed by atoms with van der Waals surface area (Å²) in [6.07, 6.45) is 7.55. The van der Waals surface area contributed by atoms with E-state index in [2.05, 4.69) is 46.6 Å². The summed E-state index contributed by atoms with van der Waals surface area (Å²) in [6.45, 7) is 4.62. The van der Waals surface area contributed by atoms with Crippen molar-refractivity contribution in [2.24, 2.45) is 5.92 Å². The van der Waals surface area contributed by atoms with E-state index in [1.165, 1.54) is 6.42 Å². The standard InChI is InChI=1S/C17H23Br2N3O/c18-14-9-15(19)16(20-10-14)12-21-6-4-5-13(11-21)17(23)22-7-2-1-3-8-22/h9-10,13H,1-8,11-12H2/t13-/m0/s1. The van der Waals surface area contributed by atoms with Gasteiger partial charge < -0.3 is 4.90 Å². The van der Waals surface area contributed by atoms with Crippen molar-refractivity contribution in [3.8, 4) is 0 Å². The summed E-state index contributed by atoms with van der Waals surface area (Å²) < 4.78 is 2.00. The number of aromatic nitrogens is 1. The van der Waals surface area contributed by atoms with E-state index in [9.17, 15) is 4.79 Å². The molecule has 0 unspecified atom stereocenters. The molecule has 2 aliphatic heterocycles. The molecule has 0 N–H and O–H groups in total. The van der Waals surface area contributed by atoms with Gasteiger partial charge in [-0.3, -0.25) is 14.7 Å². The number of halogens is 2. The first kappa shape index (κ1) is 17.4. The van der Waals surface area contributed by atoms with Gasteiger partial charge in [0.05, 0.1) is 11.6 Å². The van der Waals surface area contributed by atoms with E-state index in [-0.39, 0.29) is 5.92 Å². The summed E-state index contributed by atoms with van der Waals surface area (Å²) in [6, 6.07) is 2.03. The van der Waals surface area contributed by atoms with E-state index in [1.807, 2.05) is 12.3 Å². The number of piperidine rings is 2. The highest BCUT2D eigenvalue weighted by Gasteiger charge is 2.30. The normalized spacial score (nSPS) is 23.0. The van der Waals surface area contributed by atoms with Crippen molar-refractivity contribution in [2.45, 2.75) is 38.6 Å². The maximum atomic E-state index is 12.7. The highest BCUT2D eigenvalue weighted by molar-refractivity contribution is 9.11. The number of hydrogen-bond donors (Lipinski definition) is 0. The lowest BCUT2D eigenvalue weighted by molar-refractivity contribution is -0.138. The number of pyridine rings is 1. The van der Waals surface area contributed by atoms with Gasteiger partial charge in [0.1, 0.15) is 0 Å². The molecule has 0 spiro atoms. The molecule has 4 nitrogen and oxygen atoms in total. The Hall–Kier alpha value is -0.460. The van der Waals surface area contributed by atoms with Gasteiger partial charge in [-0.1, -0.05) is 0 Å². The average Bonchev–Trinajstić information content (AvgIpc) is 2.58. The summed E-state index contributed by atoms with van der Waals surface area (Å²) in [5, 5.41) is 0. The molecule has 1 aromatic heterocycles. The van der Waals surface area contributed by atoms with Crippen LogP contribution < -0.4 is 0 Å². The fourth-order valence-electron chi connectivity index (χ4n) is 3.54. The lowest BCUT2D eigenvalue weighted by Crippen LogP contribution is -2.46. The Balaban J connectivity index is 1.60. The second kappa shape index (κ2) is 8.08. The first-order valence-corrected chi connectivity index (χ1v) is 10.0. The zero-order valence-corrected chi connectivity index (χ0v) is 16.5. The summed E-state index contributed by atoms with van der Waals surface area (Å²) >= 11 is 7.02. The average molecular weight is 445 g/mol. The molecule has 0 aliphatic carbocycles. The number of nitrogens with zero attached hydrogens (tertiary/aromatic N) is 3. The van der Waals surface area contributed by atoms with Gasteiger partial charge in [-0.25, -0.2) is 0 Å². The van der Waals surface area contributed by atoms with Crippen LogP contribution in [-0.2, 0) is 11.3 Å². The van der Waals surface area contributed by atoms with Crippen LogP contribution >= 0.6 is 31.9 Å². The molecule has 2 aliphatic rings. The molecule has 23 heavy (non-hydrogen) atoms. The Morgan fingerprint density at radius 2 is 1.96 bits per heavy atom. The minimum absolute atomic E-state index is 0.163. The smallest absolute Gasteiger partial charge is 0.226 e. The summed E-state index contributed by atoms with van der Waals surface area (Å²) in [7, 11) is 0. The molecule has 2 saturated heterocycles. The van der Waals surface area contributed by atoms with E-state index < -0.39 is 0 Å². The van der Waals surface area contributed by atoms with Crippen molar-refractivity contribution >= 4 is 37.8 Å². The minimum atomic E-state index is 0.163. The Bertz CT molecular complexity index is 561. The molecule has 1 atom stereocenters. The Labute approximate surface area is 154 Å². The third-order valence-electron chi connectivity index (χ3n) is 4.78. The Morgan fingerprint density at radius 1 is 1.17 bits per heavy atom. The minimum Gasteiger partial charge on any atom is -0.342 e. The van der Waals surface area contributed by atoms with Gasteiger partial charge in [-0.05, 0) is 76.6 Å². The van der Waals surface area contributed by atoms with Crippen molar-refractivity contribution < 1.29 is 4.79 Å². The van der Waals surface area contributed by atoms with Crippen molar-refractivity contribution in [2.75, 3.05) is 26.2 Å². The molecule has 126 valence electrons. The molecule has 0 radical (unpaired) electrons. The lowest BCUT2D eigenvalue weighted by atomic mass is 9.95. The first-order chi connectivity index (χ1) is 11.1. The topological polar surface area (TPSA) is 36.4 Å². The zero-order valence-electron chi connectivity index (χ0n) is 13.3. The number of rotatable bonds is 3. The molecular formula is C17H23Br2N3O. The van der Waals surface area contributed by atoms with Gasteiger partial charge in [-0.15, -0.1) is 0 Å². The third kappa shape index (κ3) is 4.54. The van der Waals surface area contributed by atoms with Crippen LogP contribution in [0.25, 0.3) is 0 Å². The van der Waals surface area contributed by atoms with Crippen molar-refractivity contribution in [1.29, 1.82) is 0 Å². The van der Waals surface area contributed by atoms with Crippen LogP contribution in [-0.4, -0.2) is 46.9 Å². The highest BCUT2D eigenvalue weighted by Crippen LogP contribution is 2.25. The van der Waals surface area contributed by atoms with Crippen LogP contribution in [0.4, 0.5) is 0 Å². The van der Waals surface area contributed by atoms with E-state index >= 15 is 0 Å². The summed E-state index contributed by atoms with van der Waals surface area (Å²) in [4.78, 5) is 21.7. The monoisotopic (exact) mass is 443 g/mol. The maximum Gasteiger partial charge on any atom is 0.226 e. The van der Waals surface area contributed by atoms with Gasteiger partial charge in [0.25, 0.3) is 0 Å². The third-order valence-corrected chi connectivity index (χ3v) is 5.90. The molecule has 1 aromatic rings. The number of hydrogen-bond acceptors (Lipinski definition) is 3. The Kier molecular flexibility index (Phi) is 6.10. The largest absolute Gasteiger partial charge is 0.342 e. The van der Waals surface area contributed by atoms with Crippen LogP contribution in [0.1, 0.15) is 37.8 Å². The van der Waals surface area contributed by atoms with Gasteiger partial charge >= 0.3 is 0 Å². The number of carbonyl (C=O) groups is 1. The van der Waals surface area contributed by atoms with Crippen molar-refractivity contribution in [3.05, 3.63) is 26.9 Å². The van der Waals surface area contributed by atoms with E-state index in [0.29, 0.717) is 5.91 Å². The van der Waals surface area contributed by atoms with Gasteiger partial charge in [0.2, 0.25) is 5.91 Å². The predicted octanol–water partition coefficient (Wildman–Crippen LogP) is 3.83. The van der Waals surface area contributed by atoms with Crippen molar-refractivity contribution in [1.82, 2.24) is 14.8 Å². The Morgan fingerprint density at radius 3 is 2.70 bits per heavy atom. The van der Waals surface area contributed by atoms with Crippen LogP contribution in [0.15, 0.2) is 21.2 Å². The van der Waals surface area contributed by atoms with Crippen LogP contribution in [0, 0.1) is 5.92 Å². The number of likely N-dealkylation sites (tertiary alicyclic amines) is 2. The lowest BCUT2D eigenvalue weighted by Gasteiger charge is -2.36. The summed E-state index contributed by atoms with van der Waals surface area (Å²) in [5.41, 5.74) is 1.04. The van der Waals surface area contributed by atoms with Gasteiger partial charge in [0.15, 0.2) is 0 Å². The maximum absolute atomic E-state index is 12.7. The number of carbonyl (C=O) groups excluding carboxylic acids is 1. The molecule has 0 aromatic carbocycles. The van der Waals surface area contributed by atoms with E-state index in [0.717, 1.165) is 73.0 Å². The molecule has 1 amide bonds. The fourth-order valence-corrected chi connectivity index (χ4v) is 4.66. The molecule has 3 heterocycles. The molecule has 6 heteroatoms.